The van der Waals surface area contributed by atoms with E-state index in [0.717, 1.165) is 31.9 Å². The SMILES string of the molecule is Cc1cn2c(/C=C/C(=O)c3sc(C(C)(C)C)nc3C)c(C)nc2s1. The van der Waals surface area contributed by atoms with E-state index in [4.69, 9.17) is 0 Å². The van der Waals surface area contributed by atoms with Crippen LogP contribution in [0.15, 0.2) is 12.3 Å². The van der Waals surface area contributed by atoms with Gasteiger partial charge in [-0.15, -0.1) is 22.7 Å². The number of rotatable bonds is 3. The fourth-order valence-electron chi connectivity index (χ4n) is 2.46. The van der Waals surface area contributed by atoms with Crippen LogP contribution < -0.4 is 0 Å². The summed E-state index contributed by atoms with van der Waals surface area (Å²) in [4.78, 5) is 24.6. The van der Waals surface area contributed by atoms with Crippen LogP contribution in [0.5, 0.6) is 0 Å². The molecule has 6 heteroatoms. The Morgan fingerprint density at radius 1 is 1.12 bits per heavy atom. The van der Waals surface area contributed by atoms with E-state index in [2.05, 4.69) is 43.9 Å². The summed E-state index contributed by atoms with van der Waals surface area (Å²) in [5.41, 5.74) is 2.66. The Hall–Kier alpha value is -1.79. The molecule has 3 heterocycles. The quantitative estimate of drug-likeness (QED) is 0.490. The van der Waals surface area contributed by atoms with E-state index in [1.165, 1.54) is 16.2 Å². The molecule has 0 aliphatic heterocycles. The number of ketones is 1. The number of carbonyl (C=O) groups excluding carboxylic acids is 1. The average molecular weight is 360 g/mol. The molecule has 126 valence electrons. The number of hydrogen-bond donors (Lipinski definition) is 0. The van der Waals surface area contributed by atoms with Crippen LogP contribution in [-0.4, -0.2) is 20.2 Å². The molecule has 0 bridgehead atoms. The third-order valence-electron chi connectivity index (χ3n) is 3.72. The second-order valence-electron chi connectivity index (χ2n) is 6.96. The monoisotopic (exact) mass is 359 g/mol. The zero-order valence-corrected chi connectivity index (χ0v) is 16.4. The second kappa shape index (κ2) is 5.93. The van der Waals surface area contributed by atoms with Gasteiger partial charge in [0.15, 0.2) is 10.7 Å². The maximum Gasteiger partial charge on any atom is 0.197 e. The first kappa shape index (κ1) is 17.0. The van der Waals surface area contributed by atoms with E-state index < -0.39 is 0 Å². The van der Waals surface area contributed by atoms with Gasteiger partial charge in [-0.3, -0.25) is 9.20 Å². The minimum absolute atomic E-state index is 0.00167. The predicted molar refractivity (Wildman–Crippen MR) is 101 cm³/mol. The highest BCUT2D eigenvalue weighted by Crippen LogP contribution is 2.30. The van der Waals surface area contributed by atoms with Crippen molar-refractivity contribution in [2.75, 3.05) is 0 Å². The van der Waals surface area contributed by atoms with E-state index >= 15 is 0 Å². The topological polar surface area (TPSA) is 47.3 Å². The number of thiazole rings is 2. The van der Waals surface area contributed by atoms with Gasteiger partial charge in [0.05, 0.1) is 27.0 Å². The van der Waals surface area contributed by atoms with Crippen molar-refractivity contribution >= 4 is 39.5 Å². The van der Waals surface area contributed by atoms with Crippen LogP contribution in [0.2, 0.25) is 0 Å². The largest absolute Gasteiger partial charge is 0.290 e. The van der Waals surface area contributed by atoms with Crippen LogP contribution in [0, 0.1) is 20.8 Å². The second-order valence-corrected chi connectivity index (χ2v) is 9.17. The molecule has 3 rings (SSSR count). The van der Waals surface area contributed by atoms with Gasteiger partial charge in [0.1, 0.15) is 0 Å². The highest BCUT2D eigenvalue weighted by Gasteiger charge is 2.22. The van der Waals surface area contributed by atoms with Crippen LogP contribution in [0.4, 0.5) is 0 Å². The fourth-order valence-corrected chi connectivity index (χ4v) is 4.38. The molecule has 0 fully saturated rings. The minimum Gasteiger partial charge on any atom is -0.290 e. The normalized spacial score (nSPS) is 12.6. The summed E-state index contributed by atoms with van der Waals surface area (Å²) < 4.78 is 2.04. The van der Waals surface area contributed by atoms with Gasteiger partial charge >= 0.3 is 0 Å². The molecule has 0 radical (unpaired) electrons. The van der Waals surface area contributed by atoms with Crippen LogP contribution in [-0.2, 0) is 5.41 Å². The highest BCUT2D eigenvalue weighted by atomic mass is 32.1. The van der Waals surface area contributed by atoms with Crippen molar-refractivity contribution in [3.05, 3.63) is 44.1 Å². The molecule has 0 saturated heterocycles. The van der Waals surface area contributed by atoms with E-state index in [1.807, 2.05) is 24.3 Å². The van der Waals surface area contributed by atoms with E-state index in [0.29, 0.717) is 0 Å². The van der Waals surface area contributed by atoms with Gasteiger partial charge in [-0.25, -0.2) is 9.97 Å². The lowest BCUT2D eigenvalue weighted by Gasteiger charge is -2.13. The summed E-state index contributed by atoms with van der Waals surface area (Å²) in [6, 6.07) is 0. The van der Waals surface area contributed by atoms with Gasteiger partial charge in [-0.05, 0) is 32.9 Å². The summed E-state index contributed by atoms with van der Waals surface area (Å²) in [7, 11) is 0. The Labute approximate surface area is 149 Å². The summed E-state index contributed by atoms with van der Waals surface area (Å²) in [6.45, 7) is 12.3. The molecular weight excluding hydrogens is 338 g/mol. The smallest absolute Gasteiger partial charge is 0.197 e. The zero-order valence-electron chi connectivity index (χ0n) is 14.8. The summed E-state index contributed by atoms with van der Waals surface area (Å²) >= 11 is 3.14. The van der Waals surface area contributed by atoms with Crippen LogP contribution in [0.3, 0.4) is 0 Å². The molecule has 0 aliphatic rings. The van der Waals surface area contributed by atoms with Gasteiger partial charge < -0.3 is 0 Å². The third kappa shape index (κ3) is 3.08. The molecule has 3 aromatic rings. The van der Waals surface area contributed by atoms with Crippen molar-refractivity contribution < 1.29 is 4.79 Å². The number of nitrogens with zero attached hydrogens (tertiary/aromatic N) is 3. The number of hydrogen-bond acceptors (Lipinski definition) is 5. The van der Waals surface area contributed by atoms with Gasteiger partial charge in [-0.1, -0.05) is 20.8 Å². The van der Waals surface area contributed by atoms with E-state index in [-0.39, 0.29) is 11.2 Å². The standard InChI is InChI=1S/C18H21N3OS2/c1-10-9-21-13(11(2)20-17(21)23-10)7-8-14(22)15-12(3)19-16(24-15)18(4,5)6/h7-9H,1-6H3/b8-7+. The molecule has 0 saturated carbocycles. The summed E-state index contributed by atoms with van der Waals surface area (Å²) in [5.74, 6) is 0.00167. The number of fused-ring (bicyclic) bond motifs is 1. The average Bonchev–Trinajstić information content (AvgIpc) is 3.08. The van der Waals surface area contributed by atoms with Crippen LogP contribution in [0.1, 0.15) is 57.4 Å². The van der Waals surface area contributed by atoms with Crippen molar-refractivity contribution in [2.24, 2.45) is 0 Å². The summed E-state index contributed by atoms with van der Waals surface area (Å²) in [6.07, 6.45) is 5.55. The Morgan fingerprint density at radius 3 is 2.46 bits per heavy atom. The molecule has 0 aliphatic carbocycles. The molecule has 0 amide bonds. The van der Waals surface area contributed by atoms with E-state index in [1.54, 1.807) is 17.4 Å². The number of imidazole rings is 1. The molecule has 0 N–H and O–H groups in total. The third-order valence-corrected chi connectivity index (χ3v) is 6.21. The molecule has 0 unspecified atom stereocenters. The van der Waals surface area contributed by atoms with E-state index in [9.17, 15) is 4.79 Å². The Bertz CT molecular complexity index is 951. The highest BCUT2D eigenvalue weighted by molar-refractivity contribution is 7.17. The van der Waals surface area contributed by atoms with Crippen LogP contribution in [0.25, 0.3) is 11.0 Å². The predicted octanol–water partition coefficient (Wildman–Crippen LogP) is 4.97. The fraction of sp³-hybridized carbons (Fsp3) is 0.389. The molecule has 24 heavy (non-hydrogen) atoms. The first-order valence-electron chi connectivity index (χ1n) is 7.82. The van der Waals surface area contributed by atoms with Crippen LogP contribution >= 0.6 is 22.7 Å². The Balaban J connectivity index is 1.93. The number of aromatic nitrogens is 3. The molecule has 0 spiro atoms. The van der Waals surface area contributed by atoms with Crippen molar-refractivity contribution in [3.8, 4) is 0 Å². The lowest BCUT2D eigenvalue weighted by molar-refractivity contribution is 0.105. The number of allylic oxidation sites excluding steroid dienone is 1. The molecule has 4 nitrogen and oxygen atoms in total. The molecule has 0 aromatic carbocycles. The van der Waals surface area contributed by atoms with Crippen molar-refractivity contribution in [2.45, 2.75) is 47.0 Å². The maximum atomic E-state index is 12.6. The molecular formula is C18H21N3OS2. The number of carbonyl (C=O) groups is 1. The van der Waals surface area contributed by atoms with Gasteiger partial charge in [-0.2, -0.15) is 0 Å². The lowest BCUT2D eigenvalue weighted by atomic mass is 9.98. The Morgan fingerprint density at radius 2 is 1.83 bits per heavy atom. The van der Waals surface area contributed by atoms with Crippen molar-refractivity contribution in [1.29, 1.82) is 0 Å². The molecule has 0 atom stereocenters. The molecule has 3 aromatic heterocycles. The maximum absolute atomic E-state index is 12.6. The number of aryl methyl sites for hydroxylation is 3. The van der Waals surface area contributed by atoms with Gasteiger partial charge in [0, 0.05) is 16.5 Å². The van der Waals surface area contributed by atoms with Gasteiger partial charge in [0.25, 0.3) is 0 Å². The first-order valence-corrected chi connectivity index (χ1v) is 9.45. The summed E-state index contributed by atoms with van der Waals surface area (Å²) in [5, 5.41) is 0.994. The van der Waals surface area contributed by atoms with Crippen molar-refractivity contribution in [3.63, 3.8) is 0 Å². The Kier molecular flexibility index (Phi) is 4.21. The first-order chi connectivity index (χ1) is 11.2. The van der Waals surface area contributed by atoms with Crippen molar-refractivity contribution in [1.82, 2.24) is 14.4 Å². The van der Waals surface area contributed by atoms with Gasteiger partial charge in [0.2, 0.25) is 0 Å². The lowest BCUT2D eigenvalue weighted by Crippen LogP contribution is -2.10. The minimum atomic E-state index is -0.0416. The zero-order chi connectivity index (χ0) is 17.6.